The van der Waals surface area contributed by atoms with Crippen LogP contribution in [0.5, 0.6) is 0 Å². The van der Waals surface area contributed by atoms with Gasteiger partial charge in [-0.1, -0.05) is 49.4 Å². The Morgan fingerprint density at radius 2 is 1.63 bits per heavy atom. The van der Waals surface area contributed by atoms with Crippen LogP contribution >= 0.6 is 0 Å². The Labute approximate surface area is 178 Å². The lowest BCUT2D eigenvalue weighted by atomic mass is 9.99. The van der Waals surface area contributed by atoms with Gasteiger partial charge in [0.25, 0.3) is 15.9 Å². The molecule has 0 bridgehead atoms. The summed E-state index contributed by atoms with van der Waals surface area (Å²) in [5, 5.41) is 3.02. The summed E-state index contributed by atoms with van der Waals surface area (Å²) in [6.45, 7) is 6.10. The van der Waals surface area contributed by atoms with E-state index in [0.29, 0.717) is 11.3 Å². The van der Waals surface area contributed by atoms with Gasteiger partial charge in [0, 0.05) is 11.3 Å². The number of carbonyl (C=O) groups is 1. The Morgan fingerprint density at radius 3 is 2.30 bits per heavy atom. The third-order valence-corrected chi connectivity index (χ3v) is 6.46. The fourth-order valence-electron chi connectivity index (χ4n) is 3.17. The Hall–Kier alpha value is -3.12. The number of hydrogen-bond donors (Lipinski definition) is 2. The highest BCUT2D eigenvalue weighted by Gasteiger charge is 2.19. The van der Waals surface area contributed by atoms with Crippen LogP contribution < -0.4 is 10.0 Å². The molecule has 3 aromatic rings. The Kier molecular flexibility index (Phi) is 6.57. The van der Waals surface area contributed by atoms with E-state index in [1.54, 1.807) is 36.4 Å². The molecule has 5 nitrogen and oxygen atoms in total. The van der Waals surface area contributed by atoms with E-state index < -0.39 is 10.0 Å². The van der Waals surface area contributed by atoms with Gasteiger partial charge in [0.1, 0.15) is 0 Å². The number of sulfonamides is 1. The van der Waals surface area contributed by atoms with E-state index in [2.05, 4.69) is 16.1 Å². The first kappa shape index (κ1) is 21.6. The van der Waals surface area contributed by atoms with E-state index in [1.165, 1.54) is 23.3 Å². The first-order valence-electron chi connectivity index (χ1n) is 9.86. The van der Waals surface area contributed by atoms with Crippen LogP contribution in [0.2, 0.25) is 0 Å². The van der Waals surface area contributed by atoms with Gasteiger partial charge in [-0.05, 0) is 67.3 Å². The molecule has 0 saturated heterocycles. The lowest BCUT2D eigenvalue weighted by molar-refractivity contribution is 0.0935. The van der Waals surface area contributed by atoms with Gasteiger partial charge < -0.3 is 5.32 Å². The second-order valence-electron chi connectivity index (χ2n) is 7.28. The molecule has 0 saturated carbocycles. The monoisotopic (exact) mass is 422 g/mol. The Morgan fingerprint density at radius 1 is 0.900 bits per heavy atom. The molecule has 0 radical (unpaired) electrons. The molecule has 0 fully saturated rings. The molecule has 3 aromatic carbocycles. The van der Waals surface area contributed by atoms with Crippen LogP contribution in [0.25, 0.3) is 0 Å². The number of aryl methyl sites for hydroxylation is 2. The summed E-state index contributed by atoms with van der Waals surface area (Å²) in [7, 11) is -3.80. The number of carbonyl (C=O) groups excluding carboxylic acids is 1. The minimum Gasteiger partial charge on any atom is -0.345 e. The summed E-state index contributed by atoms with van der Waals surface area (Å²) in [5.41, 5.74) is 4.16. The molecular weight excluding hydrogens is 396 g/mol. The average Bonchev–Trinajstić information content (AvgIpc) is 2.74. The third kappa shape index (κ3) is 5.07. The van der Waals surface area contributed by atoms with Gasteiger partial charge >= 0.3 is 0 Å². The van der Waals surface area contributed by atoms with Crippen molar-refractivity contribution in [2.75, 3.05) is 4.72 Å². The molecule has 6 heteroatoms. The predicted molar refractivity (Wildman–Crippen MR) is 120 cm³/mol. The standard InChI is InChI=1S/C24H26N2O3S/c1-4-23(19-14-13-17(2)18(3)15-19)25-24(27)20-9-8-12-22(16-20)30(28,29)26-21-10-6-5-7-11-21/h5-16,23,26H,4H2,1-3H3,(H,25,27)/t23-/m1/s1. The van der Waals surface area contributed by atoms with Crippen molar-refractivity contribution < 1.29 is 13.2 Å². The Balaban J connectivity index is 1.80. The van der Waals surface area contributed by atoms with Gasteiger partial charge in [0.15, 0.2) is 0 Å². The van der Waals surface area contributed by atoms with Crippen molar-refractivity contribution in [2.45, 2.75) is 38.1 Å². The summed E-state index contributed by atoms with van der Waals surface area (Å²) < 4.78 is 27.9. The van der Waals surface area contributed by atoms with E-state index in [1.807, 2.05) is 39.0 Å². The minimum absolute atomic E-state index is 0.0400. The molecule has 0 spiro atoms. The van der Waals surface area contributed by atoms with Crippen molar-refractivity contribution in [2.24, 2.45) is 0 Å². The first-order chi connectivity index (χ1) is 14.3. The van der Waals surface area contributed by atoms with Crippen LogP contribution in [0.3, 0.4) is 0 Å². The fraction of sp³-hybridized carbons (Fsp3) is 0.208. The molecule has 156 valence electrons. The number of hydrogen-bond acceptors (Lipinski definition) is 3. The third-order valence-electron chi connectivity index (χ3n) is 5.08. The van der Waals surface area contributed by atoms with Crippen molar-refractivity contribution in [1.82, 2.24) is 5.32 Å². The summed E-state index contributed by atoms with van der Waals surface area (Å²) in [5.74, 6) is -0.308. The zero-order valence-corrected chi connectivity index (χ0v) is 18.2. The van der Waals surface area contributed by atoms with Crippen LogP contribution in [-0.4, -0.2) is 14.3 Å². The van der Waals surface area contributed by atoms with Gasteiger partial charge in [-0.3, -0.25) is 9.52 Å². The maximum absolute atomic E-state index is 12.9. The largest absolute Gasteiger partial charge is 0.345 e. The molecule has 1 atom stereocenters. The minimum atomic E-state index is -3.80. The van der Waals surface area contributed by atoms with Gasteiger partial charge in [-0.25, -0.2) is 8.42 Å². The van der Waals surface area contributed by atoms with E-state index in [9.17, 15) is 13.2 Å². The summed E-state index contributed by atoms with van der Waals surface area (Å²) in [6, 6.07) is 20.7. The second-order valence-corrected chi connectivity index (χ2v) is 8.96. The number of nitrogens with one attached hydrogen (secondary N) is 2. The molecule has 0 aliphatic carbocycles. The predicted octanol–water partition coefficient (Wildman–Crippen LogP) is 4.99. The molecular formula is C24H26N2O3S. The van der Waals surface area contributed by atoms with E-state index in [4.69, 9.17) is 0 Å². The van der Waals surface area contributed by atoms with Gasteiger partial charge in [0.05, 0.1) is 10.9 Å². The highest BCUT2D eigenvalue weighted by Crippen LogP contribution is 2.21. The van der Waals surface area contributed by atoms with Crippen LogP contribution in [0.15, 0.2) is 77.7 Å². The van der Waals surface area contributed by atoms with Crippen LogP contribution in [0.4, 0.5) is 5.69 Å². The van der Waals surface area contributed by atoms with Crippen LogP contribution in [0, 0.1) is 13.8 Å². The van der Waals surface area contributed by atoms with Gasteiger partial charge in [-0.15, -0.1) is 0 Å². The lowest BCUT2D eigenvalue weighted by Crippen LogP contribution is -2.28. The summed E-state index contributed by atoms with van der Waals surface area (Å²) in [6.07, 6.45) is 0.724. The van der Waals surface area contributed by atoms with E-state index in [0.717, 1.165) is 12.0 Å². The number of amides is 1. The first-order valence-corrected chi connectivity index (χ1v) is 11.3. The molecule has 0 aliphatic rings. The summed E-state index contributed by atoms with van der Waals surface area (Å²) in [4.78, 5) is 12.9. The van der Waals surface area contributed by atoms with Gasteiger partial charge in [-0.2, -0.15) is 0 Å². The maximum Gasteiger partial charge on any atom is 0.261 e. The molecule has 30 heavy (non-hydrogen) atoms. The topological polar surface area (TPSA) is 75.3 Å². The maximum atomic E-state index is 12.9. The van der Waals surface area contributed by atoms with E-state index in [-0.39, 0.29) is 16.8 Å². The number of para-hydroxylation sites is 1. The molecule has 0 aromatic heterocycles. The van der Waals surface area contributed by atoms with Crippen LogP contribution in [-0.2, 0) is 10.0 Å². The SMILES string of the molecule is CC[C@@H](NC(=O)c1cccc(S(=O)(=O)Nc2ccccc2)c1)c1ccc(C)c(C)c1. The van der Waals surface area contributed by atoms with Crippen molar-refractivity contribution in [1.29, 1.82) is 0 Å². The quantitative estimate of drug-likeness (QED) is 0.563. The van der Waals surface area contributed by atoms with Gasteiger partial charge in [0.2, 0.25) is 0 Å². The van der Waals surface area contributed by atoms with Crippen molar-refractivity contribution in [3.05, 3.63) is 95.1 Å². The van der Waals surface area contributed by atoms with Crippen LogP contribution in [0.1, 0.15) is 46.4 Å². The second kappa shape index (κ2) is 9.13. The molecule has 0 unspecified atom stereocenters. The number of benzene rings is 3. The highest BCUT2D eigenvalue weighted by molar-refractivity contribution is 7.92. The summed E-state index contributed by atoms with van der Waals surface area (Å²) >= 11 is 0. The molecule has 2 N–H and O–H groups in total. The Bertz CT molecular complexity index is 1140. The zero-order chi connectivity index (χ0) is 21.7. The number of anilines is 1. The number of rotatable bonds is 7. The average molecular weight is 423 g/mol. The smallest absolute Gasteiger partial charge is 0.261 e. The highest BCUT2D eigenvalue weighted by atomic mass is 32.2. The molecule has 0 aliphatic heterocycles. The molecule has 3 rings (SSSR count). The lowest BCUT2D eigenvalue weighted by Gasteiger charge is -2.19. The zero-order valence-electron chi connectivity index (χ0n) is 17.3. The van der Waals surface area contributed by atoms with E-state index >= 15 is 0 Å². The molecule has 0 heterocycles. The molecule has 1 amide bonds. The normalized spacial score (nSPS) is 12.2. The van der Waals surface area contributed by atoms with Crippen molar-refractivity contribution >= 4 is 21.6 Å². The van der Waals surface area contributed by atoms with Crippen molar-refractivity contribution in [3.63, 3.8) is 0 Å². The fourth-order valence-corrected chi connectivity index (χ4v) is 4.27. The van der Waals surface area contributed by atoms with Crippen molar-refractivity contribution in [3.8, 4) is 0 Å².